The Hall–Kier alpha value is -1.25. The highest BCUT2D eigenvalue weighted by Gasteiger charge is 2.29. The minimum absolute atomic E-state index is 0.0733. The third kappa shape index (κ3) is 6.52. The largest absolute Gasteiger partial charge is 0.444 e. The summed E-state index contributed by atoms with van der Waals surface area (Å²) in [4.78, 5) is 18.2. The van der Waals surface area contributed by atoms with Crippen molar-refractivity contribution in [1.82, 2.24) is 15.2 Å². The van der Waals surface area contributed by atoms with Gasteiger partial charge in [0.15, 0.2) is 0 Å². The van der Waals surface area contributed by atoms with Crippen LogP contribution in [0.3, 0.4) is 0 Å². The number of pyridine rings is 1. The number of carbonyl (C=O) groups is 1. The predicted molar refractivity (Wildman–Crippen MR) is 95.8 cm³/mol. The van der Waals surface area contributed by atoms with Crippen LogP contribution in [-0.2, 0) is 16.0 Å². The smallest absolute Gasteiger partial charge is 0.410 e. The van der Waals surface area contributed by atoms with E-state index in [9.17, 15) is 9.18 Å². The molecule has 140 valence electrons. The van der Waals surface area contributed by atoms with Crippen LogP contribution in [-0.4, -0.2) is 53.9 Å². The van der Waals surface area contributed by atoms with Gasteiger partial charge in [0.1, 0.15) is 11.4 Å². The lowest BCUT2D eigenvalue weighted by molar-refractivity contribution is 0.0161. The van der Waals surface area contributed by atoms with Crippen LogP contribution in [0.15, 0.2) is 16.7 Å². The summed E-state index contributed by atoms with van der Waals surface area (Å²) >= 11 is 3.19. The average Bonchev–Trinajstić information content (AvgIpc) is 2.73. The lowest BCUT2D eigenvalue weighted by atomic mass is 10.1. The van der Waals surface area contributed by atoms with Gasteiger partial charge in [0.25, 0.3) is 0 Å². The fourth-order valence-electron chi connectivity index (χ4n) is 2.53. The molecule has 1 aromatic rings. The van der Waals surface area contributed by atoms with Crippen molar-refractivity contribution in [3.63, 3.8) is 0 Å². The van der Waals surface area contributed by atoms with Crippen molar-refractivity contribution in [2.24, 2.45) is 0 Å². The lowest BCUT2D eigenvalue weighted by Crippen LogP contribution is -2.48. The minimum atomic E-state index is -0.549. The first kappa shape index (κ1) is 20.1. The summed E-state index contributed by atoms with van der Waals surface area (Å²) in [6.45, 7) is 7.87. The Morgan fingerprint density at radius 1 is 1.52 bits per heavy atom. The van der Waals surface area contributed by atoms with E-state index in [2.05, 4.69) is 26.2 Å². The number of aromatic nitrogens is 1. The maximum atomic E-state index is 13.8. The Bertz CT molecular complexity index is 595. The van der Waals surface area contributed by atoms with Crippen molar-refractivity contribution < 1.29 is 18.7 Å². The van der Waals surface area contributed by atoms with Gasteiger partial charge < -0.3 is 19.7 Å². The zero-order valence-corrected chi connectivity index (χ0v) is 16.4. The third-order valence-electron chi connectivity index (χ3n) is 3.70. The Morgan fingerprint density at radius 3 is 2.96 bits per heavy atom. The molecule has 0 aliphatic carbocycles. The van der Waals surface area contributed by atoms with Gasteiger partial charge in [-0.3, -0.25) is 4.98 Å². The standard InChI is InChI=1S/C17H25BrFN3O3/c1-17(2,3)25-16(23)22-5-7-24-6-4-13(22)10-20-11-15-14(19)8-12(18)9-21-15/h8-9,13,20H,4-7,10-11H2,1-3H3. The molecular formula is C17H25BrFN3O3. The molecule has 1 atom stereocenters. The van der Waals surface area contributed by atoms with Crippen LogP contribution in [0.5, 0.6) is 0 Å². The molecule has 6 nitrogen and oxygen atoms in total. The van der Waals surface area contributed by atoms with Crippen LogP contribution in [0.2, 0.25) is 0 Å². The summed E-state index contributed by atoms with van der Waals surface area (Å²) in [5, 5.41) is 3.18. The summed E-state index contributed by atoms with van der Waals surface area (Å²) in [5.74, 6) is -0.366. The molecule has 0 bridgehead atoms. The van der Waals surface area contributed by atoms with E-state index >= 15 is 0 Å². The molecule has 0 spiro atoms. The number of nitrogens with one attached hydrogen (secondary N) is 1. The van der Waals surface area contributed by atoms with Crippen LogP contribution < -0.4 is 5.32 Å². The highest BCUT2D eigenvalue weighted by Crippen LogP contribution is 2.16. The first-order chi connectivity index (χ1) is 11.8. The van der Waals surface area contributed by atoms with Gasteiger partial charge in [-0.05, 0) is 49.2 Å². The Balaban J connectivity index is 1.95. The van der Waals surface area contributed by atoms with Crippen molar-refractivity contribution in [1.29, 1.82) is 0 Å². The fraction of sp³-hybridized carbons (Fsp3) is 0.647. The van der Waals surface area contributed by atoms with E-state index in [4.69, 9.17) is 9.47 Å². The zero-order valence-electron chi connectivity index (χ0n) is 14.8. The van der Waals surface area contributed by atoms with Crippen molar-refractivity contribution >= 4 is 22.0 Å². The molecule has 1 aliphatic heterocycles. The highest BCUT2D eigenvalue weighted by molar-refractivity contribution is 9.10. The van der Waals surface area contributed by atoms with Gasteiger partial charge in [0.2, 0.25) is 0 Å². The van der Waals surface area contributed by atoms with Crippen molar-refractivity contribution in [3.05, 3.63) is 28.2 Å². The van der Waals surface area contributed by atoms with Gasteiger partial charge in [-0.2, -0.15) is 0 Å². The summed E-state index contributed by atoms with van der Waals surface area (Å²) in [6, 6.07) is 1.31. The molecule has 1 aliphatic rings. The maximum absolute atomic E-state index is 13.8. The minimum Gasteiger partial charge on any atom is -0.444 e. The van der Waals surface area contributed by atoms with Gasteiger partial charge in [-0.1, -0.05) is 0 Å². The second-order valence-corrected chi connectivity index (χ2v) is 7.86. The number of amides is 1. The molecule has 25 heavy (non-hydrogen) atoms. The van der Waals surface area contributed by atoms with Crippen LogP contribution in [0.1, 0.15) is 32.9 Å². The first-order valence-corrected chi connectivity index (χ1v) is 9.13. The predicted octanol–water partition coefficient (Wildman–Crippen LogP) is 3.10. The van der Waals surface area contributed by atoms with E-state index in [1.165, 1.54) is 6.07 Å². The van der Waals surface area contributed by atoms with Gasteiger partial charge in [0, 0.05) is 43.0 Å². The SMILES string of the molecule is CC(C)(C)OC(=O)N1CCOCCC1CNCc1ncc(Br)cc1F. The van der Waals surface area contributed by atoms with Gasteiger partial charge >= 0.3 is 6.09 Å². The second kappa shape index (κ2) is 8.91. The Labute approximate surface area is 156 Å². The zero-order chi connectivity index (χ0) is 18.4. The van der Waals surface area contributed by atoms with Crippen LogP contribution in [0, 0.1) is 5.82 Å². The molecule has 0 aromatic carbocycles. The first-order valence-electron chi connectivity index (χ1n) is 8.34. The molecule has 1 amide bonds. The van der Waals surface area contributed by atoms with Gasteiger partial charge in [0.05, 0.1) is 12.3 Å². The summed E-state index contributed by atoms with van der Waals surface area (Å²) in [5.41, 5.74) is -0.205. The molecule has 0 radical (unpaired) electrons. The topological polar surface area (TPSA) is 63.7 Å². The quantitative estimate of drug-likeness (QED) is 0.815. The summed E-state index contributed by atoms with van der Waals surface area (Å²) in [7, 11) is 0. The van der Waals surface area contributed by atoms with Gasteiger partial charge in [-0.25, -0.2) is 9.18 Å². The van der Waals surface area contributed by atoms with E-state index in [0.717, 1.165) is 0 Å². The number of carbonyl (C=O) groups excluding carboxylic acids is 1. The number of nitrogens with zero attached hydrogens (tertiary/aromatic N) is 2. The molecule has 1 aromatic heterocycles. The fourth-order valence-corrected chi connectivity index (χ4v) is 2.83. The molecule has 1 N–H and O–H groups in total. The number of hydrogen-bond donors (Lipinski definition) is 1. The average molecular weight is 418 g/mol. The summed E-state index contributed by atoms with van der Waals surface area (Å²) < 4.78 is 25.4. The molecule has 1 unspecified atom stereocenters. The van der Waals surface area contributed by atoms with Gasteiger partial charge in [-0.15, -0.1) is 0 Å². The van der Waals surface area contributed by atoms with E-state index in [-0.39, 0.29) is 18.0 Å². The third-order valence-corrected chi connectivity index (χ3v) is 4.13. The van der Waals surface area contributed by atoms with Crippen LogP contribution in [0.4, 0.5) is 9.18 Å². The molecule has 2 heterocycles. The molecule has 1 fully saturated rings. The monoisotopic (exact) mass is 417 g/mol. The van der Waals surface area contributed by atoms with Crippen molar-refractivity contribution in [2.45, 2.75) is 45.4 Å². The normalized spacial score (nSPS) is 18.8. The molecule has 8 heteroatoms. The van der Waals surface area contributed by atoms with E-state index in [0.29, 0.717) is 49.4 Å². The number of halogens is 2. The Kier molecular flexibility index (Phi) is 7.15. The van der Waals surface area contributed by atoms with E-state index in [1.807, 2.05) is 20.8 Å². The van der Waals surface area contributed by atoms with Crippen molar-refractivity contribution in [3.8, 4) is 0 Å². The van der Waals surface area contributed by atoms with Crippen LogP contribution in [0.25, 0.3) is 0 Å². The maximum Gasteiger partial charge on any atom is 0.410 e. The molecular weight excluding hydrogens is 393 g/mol. The highest BCUT2D eigenvalue weighted by atomic mass is 79.9. The van der Waals surface area contributed by atoms with Crippen LogP contribution >= 0.6 is 15.9 Å². The molecule has 0 saturated carbocycles. The Morgan fingerprint density at radius 2 is 2.28 bits per heavy atom. The lowest BCUT2D eigenvalue weighted by Gasteiger charge is -2.32. The number of rotatable bonds is 4. The second-order valence-electron chi connectivity index (χ2n) is 6.94. The van der Waals surface area contributed by atoms with Crippen molar-refractivity contribution in [2.75, 3.05) is 26.3 Å². The van der Waals surface area contributed by atoms with E-state index < -0.39 is 5.60 Å². The molecule has 2 rings (SSSR count). The number of ether oxygens (including phenoxy) is 2. The number of hydrogen-bond acceptors (Lipinski definition) is 5. The molecule has 1 saturated heterocycles. The van der Waals surface area contributed by atoms with E-state index in [1.54, 1.807) is 11.1 Å². The summed E-state index contributed by atoms with van der Waals surface area (Å²) in [6.07, 6.45) is 1.91.